The Morgan fingerprint density at radius 2 is 1.78 bits per heavy atom. The Hall–Kier alpha value is -4.20. The Morgan fingerprint density at radius 1 is 1.00 bits per heavy atom. The maximum atomic E-state index is 13.3. The number of nitrogens with zero attached hydrogens (tertiary/aromatic N) is 2. The molecule has 0 bridgehead atoms. The molecule has 0 saturated carbocycles. The molecule has 7 nitrogen and oxygen atoms in total. The number of carbonyl (C=O) groups is 1. The topological polar surface area (TPSA) is 84.7 Å². The zero-order valence-corrected chi connectivity index (χ0v) is 17.6. The fourth-order valence-electron chi connectivity index (χ4n) is 3.23. The van der Waals surface area contributed by atoms with Crippen molar-refractivity contribution >= 4 is 23.1 Å². The van der Waals surface area contributed by atoms with Crippen molar-refractivity contribution in [3.63, 3.8) is 0 Å². The van der Waals surface area contributed by atoms with Crippen molar-refractivity contribution in [3.8, 4) is 5.75 Å². The number of hydrogen-bond acceptors (Lipinski definition) is 4. The second kappa shape index (κ2) is 8.89. The molecule has 0 saturated heterocycles. The molecule has 2 N–H and O–H groups in total. The van der Waals surface area contributed by atoms with E-state index in [-0.39, 0.29) is 12.2 Å². The average Bonchev–Trinajstić information content (AvgIpc) is 2.75. The van der Waals surface area contributed by atoms with Crippen LogP contribution in [0.2, 0.25) is 0 Å². The van der Waals surface area contributed by atoms with Crippen LogP contribution in [0.15, 0.2) is 71.7 Å². The van der Waals surface area contributed by atoms with Gasteiger partial charge in [-0.15, -0.1) is 0 Å². The highest BCUT2D eigenvalue weighted by molar-refractivity contribution is 5.99. The highest BCUT2D eigenvalue weighted by Crippen LogP contribution is 2.24. The first kappa shape index (κ1) is 21.0. The van der Waals surface area contributed by atoms with Crippen LogP contribution in [0, 0.1) is 19.7 Å². The number of nitrogens with one attached hydrogen (secondary N) is 2. The lowest BCUT2D eigenvalue weighted by Gasteiger charge is -2.13. The van der Waals surface area contributed by atoms with Gasteiger partial charge in [0.25, 0.3) is 5.56 Å². The summed E-state index contributed by atoms with van der Waals surface area (Å²) in [6.45, 7) is 3.86. The predicted octanol–water partition coefficient (Wildman–Crippen LogP) is 4.67. The van der Waals surface area contributed by atoms with Crippen molar-refractivity contribution in [1.29, 1.82) is 0 Å². The molecule has 0 aliphatic heterocycles. The number of urea groups is 1. The van der Waals surface area contributed by atoms with Crippen LogP contribution in [0.5, 0.6) is 5.75 Å². The number of benzene rings is 2. The molecule has 4 rings (SSSR count). The number of amides is 2. The number of hydrogen-bond donors (Lipinski definition) is 2. The number of aromatic nitrogens is 2. The molecule has 8 heteroatoms. The summed E-state index contributed by atoms with van der Waals surface area (Å²) in [5.74, 6) is 0.103. The van der Waals surface area contributed by atoms with E-state index in [9.17, 15) is 14.0 Å². The molecule has 0 spiro atoms. The van der Waals surface area contributed by atoms with E-state index in [2.05, 4.69) is 15.6 Å². The summed E-state index contributed by atoms with van der Waals surface area (Å²) in [5.41, 5.74) is 3.49. The maximum Gasteiger partial charge on any atom is 0.323 e. The Bertz CT molecular complexity index is 1370. The molecule has 0 aliphatic carbocycles. The third kappa shape index (κ3) is 4.75. The Balaban J connectivity index is 1.47. The third-order valence-corrected chi connectivity index (χ3v) is 4.84. The molecule has 2 amide bonds. The molecule has 0 aliphatic rings. The lowest BCUT2D eigenvalue weighted by molar-refractivity contribution is 0.262. The quantitative estimate of drug-likeness (QED) is 0.480. The maximum absolute atomic E-state index is 13.3. The summed E-state index contributed by atoms with van der Waals surface area (Å²) in [6.07, 6.45) is 1.68. The van der Waals surface area contributed by atoms with Crippen molar-refractivity contribution in [2.24, 2.45) is 0 Å². The Morgan fingerprint density at radius 3 is 2.56 bits per heavy atom. The van der Waals surface area contributed by atoms with E-state index < -0.39 is 11.8 Å². The first-order valence-corrected chi connectivity index (χ1v) is 9.94. The first-order valence-electron chi connectivity index (χ1n) is 9.94. The fourth-order valence-corrected chi connectivity index (χ4v) is 3.23. The van der Waals surface area contributed by atoms with Crippen LogP contribution in [0.4, 0.5) is 20.6 Å². The molecule has 0 atom stereocenters. The summed E-state index contributed by atoms with van der Waals surface area (Å²) < 4.78 is 20.7. The van der Waals surface area contributed by atoms with Crippen molar-refractivity contribution in [3.05, 3.63) is 99.9 Å². The summed E-state index contributed by atoms with van der Waals surface area (Å²) in [7, 11) is 0. The van der Waals surface area contributed by atoms with E-state index in [1.807, 2.05) is 19.9 Å². The number of pyridine rings is 1. The van der Waals surface area contributed by atoms with E-state index in [1.54, 1.807) is 36.5 Å². The lowest BCUT2D eigenvalue weighted by Crippen LogP contribution is -2.19. The monoisotopic (exact) mass is 432 g/mol. The number of carbonyl (C=O) groups excluding carboxylic acids is 1. The Labute approximate surface area is 183 Å². The molecule has 2 heterocycles. The minimum Gasteiger partial charge on any atom is -0.487 e. The number of anilines is 2. The van der Waals surface area contributed by atoms with Gasteiger partial charge >= 0.3 is 6.03 Å². The second-order valence-electron chi connectivity index (χ2n) is 7.33. The largest absolute Gasteiger partial charge is 0.487 e. The van der Waals surface area contributed by atoms with E-state index in [0.717, 1.165) is 11.1 Å². The van der Waals surface area contributed by atoms with Crippen molar-refractivity contribution in [2.75, 3.05) is 10.6 Å². The molecule has 2 aromatic carbocycles. The summed E-state index contributed by atoms with van der Waals surface area (Å²) in [4.78, 5) is 29.1. The number of ether oxygens (including phenoxy) is 1. The van der Waals surface area contributed by atoms with E-state index >= 15 is 0 Å². The Kier molecular flexibility index (Phi) is 5.85. The van der Waals surface area contributed by atoms with Gasteiger partial charge in [-0.05, 0) is 55.3 Å². The van der Waals surface area contributed by atoms with Gasteiger partial charge in [-0.2, -0.15) is 0 Å². The SMILES string of the molecule is Cc1ccc(NC(=O)Nc2cccc(F)c2)cc1OCc1cc(=O)n2cccc(C)c2n1. The van der Waals surface area contributed by atoms with Crippen LogP contribution in [0.3, 0.4) is 0 Å². The highest BCUT2D eigenvalue weighted by atomic mass is 19.1. The zero-order chi connectivity index (χ0) is 22.7. The van der Waals surface area contributed by atoms with Crippen LogP contribution >= 0.6 is 0 Å². The summed E-state index contributed by atoms with van der Waals surface area (Å²) >= 11 is 0. The smallest absolute Gasteiger partial charge is 0.323 e. The third-order valence-electron chi connectivity index (χ3n) is 4.84. The van der Waals surface area contributed by atoms with Gasteiger partial charge in [-0.25, -0.2) is 14.2 Å². The van der Waals surface area contributed by atoms with Crippen molar-refractivity contribution in [1.82, 2.24) is 9.38 Å². The zero-order valence-electron chi connectivity index (χ0n) is 17.6. The van der Waals surface area contributed by atoms with Crippen LogP contribution in [0.1, 0.15) is 16.8 Å². The van der Waals surface area contributed by atoms with Crippen LogP contribution in [-0.4, -0.2) is 15.4 Å². The van der Waals surface area contributed by atoms with E-state index in [1.165, 1.54) is 28.7 Å². The normalized spacial score (nSPS) is 10.7. The van der Waals surface area contributed by atoms with Crippen LogP contribution in [-0.2, 0) is 6.61 Å². The van der Waals surface area contributed by atoms with Gasteiger partial charge in [0, 0.05) is 29.7 Å². The van der Waals surface area contributed by atoms with Gasteiger partial charge in [0.2, 0.25) is 0 Å². The predicted molar refractivity (Wildman–Crippen MR) is 121 cm³/mol. The lowest BCUT2D eigenvalue weighted by atomic mass is 10.2. The molecule has 0 unspecified atom stereocenters. The van der Waals surface area contributed by atoms with Gasteiger partial charge in [0.15, 0.2) is 0 Å². The standard InChI is InChI=1S/C24H21FN4O3/c1-15-8-9-19(28-24(31)27-18-7-3-6-17(25)11-18)12-21(15)32-14-20-13-22(30)29-10-4-5-16(2)23(29)26-20/h3-13H,14H2,1-2H3,(H2,27,28,31). The molecule has 0 fully saturated rings. The number of rotatable bonds is 5. The molecule has 4 aromatic rings. The molecular formula is C24H21FN4O3. The van der Waals surface area contributed by atoms with Crippen molar-refractivity contribution in [2.45, 2.75) is 20.5 Å². The first-order chi connectivity index (χ1) is 15.4. The van der Waals surface area contributed by atoms with E-state index in [4.69, 9.17) is 4.74 Å². The van der Waals surface area contributed by atoms with Crippen LogP contribution < -0.4 is 20.9 Å². The second-order valence-corrected chi connectivity index (χ2v) is 7.33. The van der Waals surface area contributed by atoms with Gasteiger partial charge in [-0.3, -0.25) is 9.20 Å². The molecule has 0 radical (unpaired) electrons. The minimum absolute atomic E-state index is 0.0971. The van der Waals surface area contributed by atoms with Gasteiger partial charge in [0.05, 0.1) is 5.69 Å². The van der Waals surface area contributed by atoms with E-state index in [0.29, 0.717) is 28.5 Å². The molecule has 162 valence electrons. The highest BCUT2D eigenvalue weighted by Gasteiger charge is 2.09. The summed E-state index contributed by atoms with van der Waals surface area (Å²) in [6, 6.07) is 15.5. The molecular weight excluding hydrogens is 411 g/mol. The molecule has 32 heavy (non-hydrogen) atoms. The number of aryl methyl sites for hydroxylation is 2. The summed E-state index contributed by atoms with van der Waals surface area (Å²) in [5, 5.41) is 5.27. The van der Waals surface area contributed by atoms with Gasteiger partial charge in [0.1, 0.15) is 23.8 Å². The van der Waals surface area contributed by atoms with Gasteiger partial charge < -0.3 is 15.4 Å². The van der Waals surface area contributed by atoms with Gasteiger partial charge in [-0.1, -0.05) is 18.2 Å². The fraction of sp³-hybridized carbons (Fsp3) is 0.125. The van der Waals surface area contributed by atoms with Crippen LogP contribution in [0.25, 0.3) is 5.65 Å². The minimum atomic E-state index is -0.509. The number of fused-ring (bicyclic) bond motifs is 1. The average molecular weight is 432 g/mol. The molecule has 2 aromatic heterocycles. The number of halogens is 1. The van der Waals surface area contributed by atoms with Crippen molar-refractivity contribution < 1.29 is 13.9 Å².